The van der Waals surface area contributed by atoms with E-state index < -0.39 is 18.5 Å². The first-order valence-electron chi connectivity index (χ1n) is 12.8. The van der Waals surface area contributed by atoms with Gasteiger partial charge in [0.05, 0.1) is 28.1 Å². The minimum absolute atomic E-state index is 0.135. The van der Waals surface area contributed by atoms with Crippen molar-refractivity contribution in [3.8, 4) is 0 Å². The Kier molecular flexibility index (Phi) is 6.77. The average Bonchev–Trinajstić information content (AvgIpc) is 3.61. The molecule has 3 fully saturated rings. The quantitative estimate of drug-likeness (QED) is 0.281. The van der Waals surface area contributed by atoms with Crippen molar-refractivity contribution in [2.24, 2.45) is 23.7 Å². The molecule has 3 aromatic rings. The second-order valence-electron chi connectivity index (χ2n) is 10.3. The minimum Gasteiger partial charge on any atom is -0.452 e. The summed E-state index contributed by atoms with van der Waals surface area (Å²) in [6, 6.07) is 21.4. The molecule has 7 nitrogen and oxygen atoms in total. The van der Waals surface area contributed by atoms with E-state index in [1.54, 1.807) is 30.3 Å². The highest BCUT2D eigenvalue weighted by Crippen LogP contribution is 2.61. The van der Waals surface area contributed by atoms with Gasteiger partial charge in [-0.3, -0.25) is 19.3 Å². The summed E-state index contributed by atoms with van der Waals surface area (Å²) in [4.78, 5) is 53.3. The fraction of sp³-hybridized carbons (Fsp3) is 0.267. The molecule has 1 heterocycles. The van der Waals surface area contributed by atoms with Gasteiger partial charge in [0.15, 0.2) is 6.61 Å². The van der Waals surface area contributed by atoms with Crippen molar-refractivity contribution < 1.29 is 23.9 Å². The van der Waals surface area contributed by atoms with E-state index in [4.69, 9.17) is 16.3 Å². The molecule has 3 aromatic carbocycles. The number of ether oxygens (including phenoxy) is 1. The van der Waals surface area contributed by atoms with Crippen LogP contribution in [0.25, 0.3) is 0 Å². The third-order valence-corrected chi connectivity index (χ3v) is 9.35. The van der Waals surface area contributed by atoms with Crippen LogP contribution in [0, 0.1) is 23.7 Å². The van der Waals surface area contributed by atoms with Gasteiger partial charge in [-0.1, -0.05) is 48.0 Å². The molecular weight excluding hydrogens is 584 g/mol. The summed E-state index contributed by atoms with van der Waals surface area (Å²) < 4.78 is 5.88. The number of imide groups is 1. The molecule has 1 aliphatic heterocycles. The lowest BCUT2D eigenvalue weighted by Crippen LogP contribution is -2.33. The molecule has 0 radical (unpaired) electrons. The van der Waals surface area contributed by atoms with E-state index >= 15 is 0 Å². The van der Waals surface area contributed by atoms with Crippen molar-refractivity contribution in [2.75, 3.05) is 16.8 Å². The lowest BCUT2D eigenvalue weighted by Gasteiger charge is -2.28. The van der Waals surface area contributed by atoms with Gasteiger partial charge in [0, 0.05) is 10.2 Å². The number of hydrogen-bond acceptors (Lipinski definition) is 5. The number of nitrogens with zero attached hydrogens (tertiary/aromatic N) is 1. The fourth-order valence-corrected chi connectivity index (χ4v) is 6.98. The van der Waals surface area contributed by atoms with Crippen LogP contribution in [-0.4, -0.2) is 30.3 Å². The van der Waals surface area contributed by atoms with Crippen molar-refractivity contribution in [2.45, 2.75) is 18.8 Å². The van der Waals surface area contributed by atoms with Gasteiger partial charge < -0.3 is 10.1 Å². The molecule has 0 unspecified atom stereocenters. The Morgan fingerprint density at radius 3 is 2.49 bits per heavy atom. The summed E-state index contributed by atoms with van der Waals surface area (Å²) >= 11 is 9.33. The van der Waals surface area contributed by atoms with Gasteiger partial charge in [-0.05, 0) is 88.5 Å². The molecule has 2 saturated carbocycles. The van der Waals surface area contributed by atoms with Crippen LogP contribution in [-0.2, 0) is 19.1 Å². The zero-order valence-electron chi connectivity index (χ0n) is 20.7. The van der Waals surface area contributed by atoms with E-state index in [1.165, 1.54) is 22.6 Å². The molecular formula is C30H24BrClN2O5. The fourth-order valence-electron chi connectivity index (χ4n) is 6.55. The number of esters is 1. The lowest BCUT2D eigenvalue weighted by atomic mass is 9.73. The Bertz CT molecular complexity index is 1500. The number of carbonyl (C=O) groups is 4. The third kappa shape index (κ3) is 4.66. The zero-order chi connectivity index (χ0) is 27.3. The smallest absolute Gasteiger partial charge is 0.338 e. The number of hydrogen-bond donors (Lipinski definition) is 1. The third-order valence-electron chi connectivity index (χ3n) is 8.12. The summed E-state index contributed by atoms with van der Waals surface area (Å²) in [5.41, 5.74) is 2.18. The number of nitrogens with one attached hydrogen (secondary N) is 1. The maximum Gasteiger partial charge on any atom is 0.338 e. The number of fused-ring (bicyclic) bond motifs is 5. The number of halogens is 2. The summed E-state index contributed by atoms with van der Waals surface area (Å²) in [5.74, 6) is -1.71. The molecule has 3 amide bonds. The molecule has 2 aliphatic carbocycles. The van der Waals surface area contributed by atoms with Crippen molar-refractivity contribution in [3.63, 3.8) is 0 Å². The van der Waals surface area contributed by atoms with Crippen LogP contribution < -0.4 is 10.2 Å². The van der Waals surface area contributed by atoms with E-state index in [0.717, 1.165) is 12.8 Å². The topological polar surface area (TPSA) is 92.8 Å². The molecule has 3 aliphatic rings. The summed E-state index contributed by atoms with van der Waals surface area (Å²) in [6.07, 6.45) is 1.80. The Morgan fingerprint density at radius 2 is 1.72 bits per heavy atom. The number of anilines is 2. The first kappa shape index (κ1) is 25.8. The van der Waals surface area contributed by atoms with Crippen molar-refractivity contribution in [1.29, 1.82) is 0 Å². The molecule has 198 valence electrons. The van der Waals surface area contributed by atoms with Crippen LogP contribution in [0.2, 0.25) is 5.02 Å². The predicted molar refractivity (Wildman–Crippen MR) is 149 cm³/mol. The largest absolute Gasteiger partial charge is 0.452 e. The maximum atomic E-state index is 13.6. The molecule has 5 atom stereocenters. The first-order chi connectivity index (χ1) is 18.8. The number of carbonyl (C=O) groups excluding carboxylic acids is 4. The summed E-state index contributed by atoms with van der Waals surface area (Å²) in [7, 11) is 0. The highest BCUT2D eigenvalue weighted by atomic mass is 79.9. The molecule has 0 spiro atoms. The van der Waals surface area contributed by atoms with Crippen molar-refractivity contribution >= 4 is 62.6 Å². The maximum absolute atomic E-state index is 13.6. The minimum atomic E-state index is -0.732. The van der Waals surface area contributed by atoms with Gasteiger partial charge in [0.2, 0.25) is 11.8 Å². The average molecular weight is 608 g/mol. The van der Waals surface area contributed by atoms with E-state index in [0.29, 0.717) is 20.9 Å². The van der Waals surface area contributed by atoms with Crippen LogP contribution in [0.15, 0.2) is 77.3 Å². The monoisotopic (exact) mass is 606 g/mol. The number of rotatable bonds is 6. The second kappa shape index (κ2) is 10.2. The molecule has 1 N–H and O–H groups in total. The Balaban J connectivity index is 1.13. The van der Waals surface area contributed by atoms with E-state index in [1.807, 2.05) is 18.2 Å². The van der Waals surface area contributed by atoms with Gasteiger partial charge in [0.25, 0.3) is 5.91 Å². The summed E-state index contributed by atoms with van der Waals surface area (Å²) in [5, 5.41) is 3.05. The predicted octanol–water partition coefficient (Wildman–Crippen LogP) is 5.83. The normalized spacial score (nSPS) is 25.1. The van der Waals surface area contributed by atoms with Gasteiger partial charge in [-0.25, -0.2) is 4.79 Å². The van der Waals surface area contributed by atoms with E-state index in [2.05, 4.69) is 33.4 Å². The Hall–Kier alpha value is -3.49. The Labute approximate surface area is 238 Å². The number of amides is 3. The standard InChI is InChI=1S/C30H24BrClN2O5/c31-23-10-9-19(14-24(23)32)33-25(35)15-39-30(38)17-7-4-8-20(11-17)34-28(36)26-18-12-21(16-5-2-1-3-6-16)22(13-18)27(26)29(34)37/h1-11,14,18,21-22,26-27H,12-13,15H2,(H,33,35)/t18-,21+,22+,26+,27+/m0/s1. The highest BCUT2D eigenvalue weighted by Gasteiger charge is 2.64. The van der Waals surface area contributed by atoms with Crippen LogP contribution in [0.4, 0.5) is 11.4 Å². The molecule has 39 heavy (non-hydrogen) atoms. The molecule has 0 aromatic heterocycles. The van der Waals surface area contributed by atoms with Gasteiger partial charge in [-0.2, -0.15) is 0 Å². The van der Waals surface area contributed by atoms with Crippen LogP contribution in [0.1, 0.15) is 34.7 Å². The molecule has 1 saturated heterocycles. The molecule has 6 rings (SSSR count). The Morgan fingerprint density at radius 1 is 0.949 bits per heavy atom. The van der Waals surface area contributed by atoms with E-state index in [-0.39, 0.29) is 47.0 Å². The summed E-state index contributed by atoms with van der Waals surface area (Å²) in [6.45, 7) is -0.507. The van der Waals surface area contributed by atoms with Gasteiger partial charge in [0.1, 0.15) is 0 Å². The van der Waals surface area contributed by atoms with Crippen molar-refractivity contribution in [3.05, 3.63) is 93.4 Å². The zero-order valence-corrected chi connectivity index (χ0v) is 23.0. The number of benzene rings is 3. The van der Waals surface area contributed by atoms with Crippen LogP contribution in [0.3, 0.4) is 0 Å². The van der Waals surface area contributed by atoms with E-state index in [9.17, 15) is 19.2 Å². The first-order valence-corrected chi connectivity index (χ1v) is 13.9. The molecule has 2 bridgehead atoms. The SMILES string of the molecule is O=C(COC(=O)c1cccc(N2C(=O)[C@@H]3[C@@H]4C[C@@H]([C@H]3C2=O)[C@@H](c2ccccc2)C4)c1)Nc1ccc(Br)c(Cl)c1. The van der Waals surface area contributed by atoms with Crippen LogP contribution in [0.5, 0.6) is 0 Å². The van der Waals surface area contributed by atoms with Gasteiger partial charge >= 0.3 is 5.97 Å². The van der Waals surface area contributed by atoms with Crippen molar-refractivity contribution in [1.82, 2.24) is 0 Å². The molecule has 9 heteroatoms. The van der Waals surface area contributed by atoms with Crippen LogP contribution >= 0.6 is 27.5 Å². The second-order valence-corrected chi connectivity index (χ2v) is 11.5. The lowest BCUT2D eigenvalue weighted by molar-refractivity contribution is -0.123. The highest BCUT2D eigenvalue weighted by molar-refractivity contribution is 9.10. The van der Waals surface area contributed by atoms with Gasteiger partial charge in [-0.15, -0.1) is 0 Å².